The molecule has 0 saturated carbocycles. The molecule has 23 heavy (non-hydrogen) atoms. The Bertz CT molecular complexity index is 636. The van der Waals surface area contributed by atoms with E-state index >= 15 is 0 Å². The van der Waals surface area contributed by atoms with Gasteiger partial charge in [-0.05, 0) is 31.5 Å². The summed E-state index contributed by atoms with van der Waals surface area (Å²) in [7, 11) is 3.39. The Labute approximate surface area is 141 Å². The molecule has 2 aromatic rings. The number of aryl methyl sites for hydroxylation is 1. The summed E-state index contributed by atoms with van der Waals surface area (Å²) in [6.07, 6.45) is 2.79. The molecule has 0 radical (unpaired) electrons. The Morgan fingerprint density at radius 2 is 2.17 bits per heavy atom. The minimum Gasteiger partial charge on any atom is -0.481 e. The highest BCUT2D eigenvalue weighted by molar-refractivity contribution is 7.11. The van der Waals surface area contributed by atoms with Gasteiger partial charge in [-0.3, -0.25) is 4.99 Å². The predicted octanol–water partition coefficient (Wildman–Crippen LogP) is 2.76. The highest BCUT2D eigenvalue weighted by Gasteiger charge is 2.08. The van der Waals surface area contributed by atoms with Crippen molar-refractivity contribution in [2.24, 2.45) is 4.99 Å². The van der Waals surface area contributed by atoms with Crippen LogP contribution in [-0.2, 0) is 13.0 Å². The summed E-state index contributed by atoms with van der Waals surface area (Å²) in [5, 5.41) is 6.72. The van der Waals surface area contributed by atoms with E-state index < -0.39 is 0 Å². The van der Waals surface area contributed by atoms with E-state index in [-0.39, 0.29) is 0 Å². The van der Waals surface area contributed by atoms with Gasteiger partial charge in [-0.25, -0.2) is 4.98 Å². The van der Waals surface area contributed by atoms with Crippen molar-refractivity contribution in [3.8, 4) is 5.88 Å². The van der Waals surface area contributed by atoms with Crippen molar-refractivity contribution in [1.82, 2.24) is 15.6 Å². The first-order valence-electron chi connectivity index (χ1n) is 7.62. The largest absolute Gasteiger partial charge is 0.481 e. The van der Waals surface area contributed by atoms with Crippen molar-refractivity contribution < 1.29 is 4.74 Å². The van der Waals surface area contributed by atoms with Gasteiger partial charge in [0, 0.05) is 48.1 Å². The van der Waals surface area contributed by atoms with Gasteiger partial charge in [-0.15, -0.1) is 11.3 Å². The molecule has 2 aromatic heterocycles. The number of aromatic nitrogens is 1. The van der Waals surface area contributed by atoms with Gasteiger partial charge >= 0.3 is 0 Å². The summed E-state index contributed by atoms with van der Waals surface area (Å²) in [5.41, 5.74) is 1.08. The van der Waals surface area contributed by atoms with Crippen LogP contribution in [0.1, 0.15) is 22.2 Å². The zero-order chi connectivity index (χ0) is 16.7. The highest BCUT2D eigenvalue weighted by atomic mass is 32.1. The van der Waals surface area contributed by atoms with Crippen LogP contribution in [0.5, 0.6) is 5.88 Å². The summed E-state index contributed by atoms with van der Waals surface area (Å²) in [4.78, 5) is 11.2. The number of nitrogens with zero attached hydrogens (tertiary/aromatic N) is 2. The number of ether oxygens (including phenoxy) is 1. The van der Waals surface area contributed by atoms with Crippen molar-refractivity contribution in [3.05, 3.63) is 45.8 Å². The van der Waals surface area contributed by atoms with Crippen LogP contribution in [0.25, 0.3) is 0 Å². The van der Waals surface area contributed by atoms with Gasteiger partial charge in [0.2, 0.25) is 5.88 Å². The van der Waals surface area contributed by atoms with Crippen molar-refractivity contribution in [2.75, 3.05) is 14.2 Å². The quantitative estimate of drug-likeness (QED) is 0.631. The molecule has 0 aliphatic carbocycles. The number of pyridine rings is 1. The molecule has 0 aromatic carbocycles. The van der Waals surface area contributed by atoms with Crippen LogP contribution >= 0.6 is 11.3 Å². The molecule has 2 heterocycles. The maximum absolute atomic E-state index is 5.06. The molecule has 0 amide bonds. The number of nitrogens with one attached hydrogen (secondary N) is 2. The summed E-state index contributed by atoms with van der Waals surface area (Å²) in [5.74, 6) is 1.41. The molecule has 5 nitrogen and oxygen atoms in total. The Hall–Kier alpha value is -2.08. The molecular weight excluding hydrogens is 308 g/mol. The normalized spacial score (nSPS) is 12.8. The minimum absolute atomic E-state index is 0.313. The zero-order valence-electron chi connectivity index (χ0n) is 14.1. The standard InChI is InChI=1S/C17H24N4OS/c1-12(9-15-7-5-13(2)23-15)21-17(18-3)20-11-14-6-8-16(22-4)19-10-14/h5-8,10,12H,9,11H2,1-4H3,(H2,18,20,21). The van der Waals surface area contributed by atoms with E-state index in [9.17, 15) is 0 Å². The first-order chi connectivity index (χ1) is 11.1. The van der Waals surface area contributed by atoms with E-state index in [4.69, 9.17) is 4.74 Å². The van der Waals surface area contributed by atoms with Crippen LogP contribution in [0, 0.1) is 6.92 Å². The number of hydrogen-bond acceptors (Lipinski definition) is 4. The molecule has 0 aliphatic rings. The van der Waals surface area contributed by atoms with Crippen LogP contribution in [-0.4, -0.2) is 31.1 Å². The maximum Gasteiger partial charge on any atom is 0.212 e. The van der Waals surface area contributed by atoms with E-state index in [2.05, 4.69) is 46.6 Å². The Kier molecular flexibility index (Phi) is 6.40. The number of rotatable bonds is 6. The minimum atomic E-state index is 0.313. The summed E-state index contributed by atoms with van der Waals surface area (Å²) in [6, 6.07) is 8.51. The number of guanidine groups is 1. The van der Waals surface area contributed by atoms with Crippen molar-refractivity contribution >= 4 is 17.3 Å². The monoisotopic (exact) mass is 332 g/mol. The van der Waals surface area contributed by atoms with Gasteiger partial charge in [0.15, 0.2) is 5.96 Å². The maximum atomic E-state index is 5.06. The van der Waals surface area contributed by atoms with E-state index in [1.807, 2.05) is 23.5 Å². The average Bonchev–Trinajstić information content (AvgIpc) is 2.96. The smallest absolute Gasteiger partial charge is 0.212 e. The lowest BCUT2D eigenvalue weighted by atomic mass is 10.2. The molecule has 2 rings (SSSR count). The van der Waals surface area contributed by atoms with Gasteiger partial charge in [-0.1, -0.05) is 6.07 Å². The van der Waals surface area contributed by atoms with Crippen LogP contribution in [0.3, 0.4) is 0 Å². The van der Waals surface area contributed by atoms with Gasteiger partial charge in [0.1, 0.15) is 0 Å². The number of methoxy groups -OCH3 is 1. The third-order valence-corrected chi connectivity index (χ3v) is 4.40. The lowest BCUT2D eigenvalue weighted by Crippen LogP contribution is -2.42. The Balaban J connectivity index is 1.82. The van der Waals surface area contributed by atoms with Gasteiger partial charge < -0.3 is 15.4 Å². The second-order valence-corrected chi connectivity index (χ2v) is 6.77. The van der Waals surface area contributed by atoms with Crippen LogP contribution in [0.15, 0.2) is 35.5 Å². The molecular formula is C17H24N4OS. The second kappa shape index (κ2) is 8.53. The second-order valence-electron chi connectivity index (χ2n) is 5.40. The predicted molar refractivity (Wildman–Crippen MR) is 96.3 cm³/mol. The molecule has 124 valence electrons. The SMILES string of the molecule is CN=C(NCc1ccc(OC)nc1)NC(C)Cc1ccc(C)s1. The molecule has 2 N–H and O–H groups in total. The van der Waals surface area contributed by atoms with E-state index in [1.165, 1.54) is 9.75 Å². The lowest BCUT2D eigenvalue weighted by molar-refractivity contribution is 0.397. The molecule has 0 saturated heterocycles. The van der Waals surface area contributed by atoms with Crippen molar-refractivity contribution in [1.29, 1.82) is 0 Å². The number of aliphatic imine (C=N–C) groups is 1. The molecule has 1 unspecified atom stereocenters. The topological polar surface area (TPSA) is 58.5 Å². The zero-order valence-corrected chi connectivity index (χ0v) is 14.9. The molecule has 0 aliphatic heterocycles. The summed E-state index contributed by atoms with van der Waals surface area (Å²) < 4.78 is 5.06. The van der Waals surface area contributed by atoms with Crippen LogP contribution < -0.4 is 15.4 Å². The average molecular weight is 332 g/mol. The Morgan fingerprint density at radius 3 is 2.74 bits per heavy atom. The summed E-state index contributed by atoms with van der Waals surface area (Å²) in [6.45, 7) is 4.97. The first kappa shape index (κ1) is 17.3. The van der Waals surface area contributed by atoms with E-state index in [1.54, 1.807) is 20.4 Å². The molecule has 0 spiro atoms. The van der Waals surface area contributed by atoms with Crippen molar-refractivity contribution in [3.63, 3.8) is 0 Å². The molecule has 6 heteroatoms. The third kappa shape index (κ3) is 5.56. The Morgan fingerprint density at radius 1 is 1.35 bits per heavy atom. The fraction of sp³-hybridized carbons (Fsp3) is 0.412. The summed E-state index contributed by atoms with van der Waals surface area (Å²) >= 11 is 1.84. The molecule has 1 atom stereocenters. The van der Waals surface area contributed by atoms with Crippen LogP contribution in [0.2, 0.25) is 0 Å². The van der Waals surface area contributed by atoms with Gasteiger partial charge in [0.25, 0.3) is 0 Å². The third-order valence-electron chi connectivity index (χ3n) is 3.38. The highest BCUT2D eigenvalue weighted by Crippen LogP contribution is 2.16. The van der Waals surface area contributed by atoms with Crippen LogP contribution in [0.4, 0.5) is 0 Å². The van der Waals surface area contributed by atoms with E-state index in [0.29, 0.717) is 18.5 Å². The first-order valence-corrected chi connectivity index (χ1v) is 8.43. The molecule has 0 bridgehead atoms. The fourth-order valence-corrected chi connectivity index (χ4v) is 3.22. The number of thiophene rings is 1. The molecule has 0 fully saturated rings. The van der Waals surface area contributed by atoms with E-state index in [0.717, 1.165) is 17.9 Å². The number of hydrogen-bond donors (Lipinski definition) is 2. The lowest BCUT2D eigenvalue weighted by Gasteiger charge is -2.17. The van der Waals surface area contributed by atoms with Gasteiger partial charge in [0.05, 0.1) is 7.11 Å². The van der Waals surface area contributed by atoms with Crippen molar-refractivity contribution in [2.45, 2.75) is 32.9 Å². The van der Waals surface area contributed by atoms with Gasteiger partial charge in [-0.2, -0.15) is 0 Å². The fourth-order valence-electron chi connectivity index (χ4n) is 2.20.